The fraction of sp³-hybridized carbons (Fsp3) is 0.350. The number of anilines is 4. The standard InChI is InChI=1S/C20H22N8O2/c1-12-9-16(25-15-10-14(21-11-22-15)24-13-5-8-23-27-13)28(30)18-17(12)19(29)26-20(18)6-3-2-4-7-20/h5,8-11H,2-4,6-7H2,1H3,(H,26,29)(H3,21,22,23,24,25,27). The highest BCUT2D eigenvalue weighted by atomic mass is 16.5. The molecular weight excluding hydrogens is 384 g/mol. The lowest BCUT2D eigenvalue weighted by Crippen LogP contribution is -2.49. The van der Waals surface area contributed by atoms with Crippen LogP contribution in [0.2, 0.25) is 0 Å². The van der Waals surface area contributed by atoms with Gasteiger partial charge < -0.3 is 15.8 Å². The van der Waals surface area contributed by atoms with Gasteiger partial charge >= 0.3 is 0 Å². The van der Waals surface area contributed by atoms with Gasteiger partial charge in [0, 0.05) is 24.4 Å². The number of carbonyl (C=O) groups is 1. The van der Waals surface area contributed by atoms with Crippen molar-refractivity contribution in [1.82, 2.24) is 25.5 Å². The van der Waals surface area contributed by atoms with E-state index < -0.39 is 5.54 Å². The number of nitrogens with zero attached hydrogens (tertiary/aromatic N) is 4. The molecule has 4 N–H and O–H groups in total. The number of carbonyl (C=O) groups excluding carboxylic acids is 1. The van der Waals surface area contributed by atoms with Gasteiger partial charge in [-0.25, -0.2) is 15.0 Å². The number of rotatable bonds is 4. The Kier molecular flexibility index (Phi) is 4.27. The number of aromatic amines is 1. The van der Waals surface area contributed by atoms with Gasteiger partial charge in [-0.3, -0.25) is 9.89 Å². The molecule has 1 aliphatic heterocycles. The van der Waals surface area contributed by atoms with Crippen molar-refractivity contribution in [2.75, 3.05) is 10.6 Å². The summed E-state index contributed by atoms with van der Waals surface area (Å²) in [5.74, 6) is 1.79. The molecule has 5 rings (SSSR count). The summed E-state index contributed by atoms with van der Waals surface area (Å²) < 4.78 is 0.856. The number of H-pyrrole nitrogens is 1. The lowest BCUT2D eigenvalue weighted by molar-refractivity contribution is -0.603. The van der Waals surface area contributed by atoms with Crippen molar-refractivity contribution in [2.24, 2.45) is 0 Å². The molecule has 1 spiro atoms. The molecule has 0 bridgehead atoms. The lowest BCUT2D eigenvalue weighted by atomic mass is 9.79. The zero-order valence-electron chi connectivity index (χ0n) is 16.5. The summed E-state index contributed by atoms with van der Waals surface area (Å²) in [7, 11) is 0. The first-order valence-electron chi connectivity index (χ1n) is 10.0. The van der Waals surface area contributed by atoms with Crippen molar-refractivity contribution in [1.29, 1.82) is 0 Å². The normalized spacial score (nSPS) is 16.9. The van der Waals surface area contributed by atoms with E-state index in [2.05, 4.69) is 36.1 Å². The maximum Gasteiger partial charge on any atom is 0.284 e. The predicted octanol–water partition coefficient (Wildman–Crippen LogP) is 2.53. The second-order valence-electron chi connectivity index (χ2n) is 7.83. The Labute approximate surface area is 172 Å². The number of aromatic nitrogens is 5. The molecule has 4 heterocycles. The summed E-state index contributed by atoms with van der Waals surface area (Å²) >= 11 is 0. The van der Waals surface area contributed by atoms with Crippen LogP contribution in [0.15, 0.2) is 30.7 Å². The van der Waals surface area contributed by atoms with Gasteiger partial charge in [0.15, 0.2) is 5.82 Å². The molecule has 10 nitrogen and oxygen atoms in total. The molecule has 1 amide bonds. The van der Waals surface area contributed by atoms with Crippen LogP contribution in [0.1, 0.15) is 53.7 Å². The van der Waals surface area contributed by atoms with E-state index in [1.165, 1.54) is 6.33 Å². The smallest absolute Gasteiger partial charge is 0.284 e. The predicted molar refractivity (Wildman–Crippen MR) is 110 cm³/mol. The monoisotopic (exact) mass is 406 g/mol. The van der Waals surface area contributed by atoms with Crippen molar-refractivity contribution in [2.45, 2.75) is 44.6 Å². The second kappa shape index (κ2) is 6.97. The first-order valence-corrected chi connectivity index (χ1v) is 10.0. The maximum atomic E-state index is 13.4. The minimum absolute atomic E-state index is 0.159. The van der Waals surface area contributed by atoms with Crippen LogP contribution in [0.25, 0.3) is 0 Å². The highest BCUT2D eigenvalue weighted by Gasteiger charge is 2.48. The van der Waals surface area contributed by atoms with Crippen LogP contribution >= 0.6 is 0 Å². The number of fused-ring (bicyclic) bond motifs is 2. The minimum atomic E-state index is -0.576. The summed E-state index contributed by atoms with van der Waals surface area (Å²) in [6, 6.07) is 5.16. The first-order chi connectivity index (χ1) is 14.6. The zero-order chi connectivity index (χ0) is 20.7. The fourth-order valence-electron chi connectivity index (χ4n) is 4.49. The van der Waals surface area contributed by atoms with Crippen LogP contribution in [0, 0.1) is 12.1 Å². The number of pyridine rings is 1. The molecule has 0 atom stereocenters. The number of aryl methyl sites for hydroxylation is 1. The van der Waals surface area contributed by atoms with Crippen LogP contribution in [0.5, 0.6) is 0 Å². The highest BCUT2D eigenvalue weighted by molar-refractivity contribution is 6.00. The number of amides is 1. The average Bonchev–Trinajstić information content (AvgIpc) is 3.33. The van der Waals surface area contributed by atoms with Gasteiger partial charge in [0.1, 0.15) is 23.4 Å². The third-order valence-corrected chi connectivity index (χ3v) is 5.83. The van der Waals surface area contributed by atoms with E-state index in [4.69, 9.17) is 0 Å². The highest BCUT2D eigenvalue weighted by Crippen LogP contribution is 2.42. The molecule has 10 heteroatoms. The quantitative estimate of drug-likeness (QED) is 0.386. The average molecular weight is 406 g/mol. The first kappa shape index (κ1) is 18.3. The van der Waals surface area contributed by atoms with Crippen molar-refractivity contribution in [3.63, 3.8) is 0 Å². The summed E-state index contributed by atoms with van der Waals surface area (Å²) in [5, 5.41) is 29.4. The molecule has 2 aliphatic rings. The molecule has 1 aliphatic carbocycles. The molecule has 154 valence electrons. The Morgan fingerprint density at radius 2 is 1.87 bits per heavy atom. The lowest BCUT2D eigenvalue weighted by Gasteiger charge is -2.34. The molecule has 1 fully saturated rings. The molecule has 0 aromatic carbocycles. The molecule has 1 saturated carbocycles. The van der Waals surface area contributed by atoms with E-state index >= 15 is 0 Å². The molecular formula is C20H22N8O2. The Hall–Kier alpha value is -3.69. The Morgan fingerprint density at radius 3 is 2.60 bits per heavy atom. The van der Waals surface area contributed by atoms with Crippen molar-refractivity contribution in [3.05, 3.63) is 52.8 Å². The van der Waals surface area contributed by atoms with E-state index in [1.807, 2.05) is 6.92 Å². The largest absolute Gasteiger partial charge is 0.710 e. The van der Waals surface area contributed by atoms with Crippen molar-refractivity contribution < 1.29 is 9.52 Å². The molecule has 0 radical (unpaired) electrons. The summed E-state index contributed by atoms with van der Waals surface area (Å²) in [6.07, 6.45) is 7.77. The van der Waals surface area contributed by atoms with Gasteiger partial charge in [-0.05, 0) is 25.3 Å². The topological polar surface area (TPSA) is 135 Å². The Balaban J connectivity index is 1.50. The van der Waals surface area contributed by atoms with E-state index in [1.54, 1.807) is 24.4 Å². The number of nitrogens with one attached hydrogen (secondary N) is 4. The van der Waals surface area contributed by atoms with E-state index in [0.29, 0.717) is 34.5 Å². The van der Waals surface area contributed by atoms with Gasteiger partial charge in [-0.15, -0.1) is 0 Å². The Bertz CT molecular complexity index is 1110. The molecule has 3 aromatic rings. The van der Waals surface area contributed by atoms with Gasteiger partial charge in [0.2, 0.25) is 5.82 Å². The summed E-state index contributed by atoms with van der Waals surface area (Å²) in [5.41, 5.74) is 1.22. The molecule has 0 unspecified atom stereocenters. The van der Waals surface area contributed by atoms with Crippen LogP contribution in [-0.4, -0.2) is 26.1 Å². The third kappa shape index (κ3) is 3.00. The molecule has 0 saturated heterocycles. The van der Waals surface area contributed by atoms with E-state index in [0.717, 1.165) is 42.4 Å². The van der Waals surface area contributed by atoms with Crippen LogP contribution in [-0.2, 0) is 5.54 Å². The third-order valence-electron chi connectivity index (χ3n) is 5.83. The Morgan fingerprint density at radius 1 is 1.10 bits per heavy atom. The van der Waals surface area contributed by atoms with E-state index in [9.17, 15) is 10.0 Å². The maximum absolute atomic E-state index is 13.4. The van der Waals surface area contributed by atoms with Gasteiger partial charge in [0.05, 0.1) is 5.56 Å². The SMILES string of the molecule is Cc1cc(Nc2cc(Nc3cc[nH]n3)ncn2)[n+]([O-])c2c1C(=O)NC21CCCCC1. The minimum Gasteiger partial charge on any atom is -0.710 e. The molecule has 3 aromatic heterocycles. The van der Waals surface area contributed by atoms with Crippen LogP contribution < -0.4 is 20.7 Å². The number of hydrogen-bond acceptors (Lipinski definition) is 7. The van der Waals surface area contributed by atoms with Gasteiger partial charge in [-0.1, -0.05) is 19.3 Å². The second-order valence-corrected chi connectivity index (χ2v) is 7.83. The van der Waals surface area contributed by atoms with Crippen molar-refractivity contribution >= 4 is 29.2 Å². The summed E-state index contributed by atoms with van der Waals surface area (Å²) in [6.45, 7) is 1.86. The van der Waals surface area contributed by atoms with Gasteiger partial charge in [0.25, 0.3) is 11.7 Å². The van der Waals surface area contributed by atoms with Gasteiger partial charge in [-0.2, -0.15) is 10.1 Å². The zero-order valence-corrected chi connectivity index (χ0v) is 16.5. The molecule has 30 heavy (non-hydrogen) atoms. The fourth-order valence-corrected chi connectivity index (χ4v) is 4.49. The summed E-state index contributed by atoms with van der Waals surface area (Å²) in [4.78, 5) is 21.1. The van der Waals surface area contributed by atoms with Crippen LogP contribution in [0.3, 0.4) is 0 Å². The van der Waals surface area contributed by atoms with Crippen LogP contribution in [0.4, 0.5) is 23.3 Å². The van der Waals surface area contributed by atoms with Crippen molar-refractivity contribution in [3.8, 4) is 0 Å². The number of hydrogen-bond donors (Lipinski definition) is 4. The van der Waals surface area contributed by atoms with E-state index in [-0.39, 0.29) is 5.91 Å².